The van der Waals surface area contributed by atoms with E-state index < -0.39 is 0 Å². The van der Waals surface area contributed by atoms with Crippen LogP contribution in [0.1, 0.15) is 32.3 Å². The first-order chi connectivity index (χ1) is 11.5. The second kappa shape index (κ2) is 9.52. The number of hydrogen-bond donors (Lipinski definition) is 2. The quantitative estimate of drug-likeness (QED) is 0.755. The molecule has 134 valence electrons. The minimum atomic E-state index is -0.125. The highest BCUT2D eigenvalue weighted by Crippen LogP contribution is 2.17. The average Bonchev–Trinajstić information content (AvgIpc) is 2.59. The first-order valence-corrected chi connectivity index (χ1v) is 9.00. The van der Waals surface area contributed by atoms with Gasteiger partial charge in [-0.15, -0.1) is 0 Å². The maximum atomic E-state index is 11.8. The average molecular weight is 333 g/mol. The number of amides is 2. The third-order valence-corrected chi connectivity index (χ3v) is 4.68. The lowest BCUT2D eigenvalue weighted by atomic mass is 9.98. The smallest absolute Gasteiger partial charge is 0.314 e. The van der Waals surface area contributed by atoms with E-state index in [-0.39, 0.29) is 6.03 Å². The Balaban J connectivity index is 1.55. The van der Waals surface area contributed by atoms with Crippen molar-refractivity contribution in [3.63, 3.8) is 0 Å². The van der Waals surface area contributed by atoms with Gasteiger partial charge in [-0.3, -0.25) is 4.90 Å². The molecule has 0 radical (unpaired) electrons. The van der Waals surface area contributed by atoms with Crippen molar-refractivity contribution in [1.82, 2.24) is 15.5 Å². The Morgan fingerprint density at radius 1 is 1.25 bits per heavy atom. The minimum absolute atomic E-state index is 0.125. The zero-order chi connectivity index (χ0) is 17.4. The van der Waals surface area contributed by atoms with Crippen LogP contribution in [0, 0.1) is 12.8 Å². The number of urea groups is 1. The molecule has 24 heavy (non-hydrogen) atoms. The summed E-state index contributed by atoms with van der Waals surface area (Å²) in [5, 5.41) is 5.79. The van der Waals surface area contributed by atoms with Crippen molar-refractivity contribution in [2.45, 2.75) is 39.7 Å². The third kappa shape index (κ3) is 6.40. The Bertz CT molecular complexity index is 496. The van der Waals surface area contributed by atoms with Crippen molar-refractivity contribution in [2.75, 3.05) is 32.8 Å². The predicted octanol–water partition coefficient (Wildman–Crippen LogP) is 2.79. The molecule has 2 rings (SSSR count). The summed E-state index contributed by atoms with van der Waals surface area (Å²) >= 11 is 0. The van der Waals surface area contributed by atoms with E-state index in [9.17, 15) is 4.79 Å². The first kappa shape index (κ1) is 18.6. The lowest BCUT2D eigenvalue weighted by Gasteiger charge is -2.34. The summed E-state index contributed by atoms with van der Waals surface area (Å²) in [5.41, 5.74) is 1.21. The number of ether oxygens (including phenoxy) is 1. The normalized spacial score (nSPS) is 17.3. The van der Waals surface area contributed by atoms with E-state index in [1.807, 2.05) is 31.2 Å². The molecule has 2 amide bonds. The van der Waals surface area contributed by atoms with Crippen LogP contribution in [0.15, 0.2) is 24.3 Å². The Morgan fingerprint density at radius 2 is 1.92 bits per heavy atom. The van der Waals surface area contributed by atoms with E-state index >= 15 is 0 Å². The summed E-state index contributed by atoms with van der Waals surface area (Å²) in [7, 11) is 0. The number of hydrogen-bond acceptors (Lipinski definition) is 3. The minimum Gasteiger partial charge on any atom is -0.492 e. The van der Waals surface area contributed by atoms with Crippen LogP contribution in [0.25, 0.3) is 0 Å². The lowest BCUT2D eigenvalue weighted by Crippen LogP contribution is -2.47. The molecule has 0 aromatic heterocycles. The Kier molecular flexibility index (Phi) is 7.37. The number of carbonyl (C=O) groups excluding carboxylic acids is 1. The van der Waals surface area contributed by atoms with Crippen molar-refractivity contribution in [3.8, 4) is 5.75 Å². The zero-order valence-corrected chi connectivity index (χ0v) is 15.2. The van der Waals surface area contributed by atoms with Gasteiger partial charge in [0.05, 0.1) is 6.54 Å². The van der Waals surface area contributed by atoms with Crippen LogP contribution < -0.4 is 15.4 Å². The van der Waals surface area contributed by atoms with Crippen molar-refractivity contribution in [3.05, 3.63) is 29.8 Å². The fourth-order valence-electron chi connectivity index (χ4n) is 2.87. The van der Waals surface area contributed by atoms with Gasteiger partial charge >= 0.3 is 6.03 Å². The van der Waals surface area contributed by atoms with Gasteiger partial charge in [0.15, 0.2) is 0 Å². The number of nitrogens with zero attached hydrogens (tertiary/aromatic N) is 1. The lowest BCUT2D eigenvalue weighted by molar-refractivity contribution is 0.145. The molecule has 5 nitrogen and oxygen atoms in total. The summed E-state index contributed by atoms with van der Waals surface area (Å²) < 4.78 is 5.59. The fourth-order valence-corrected chi connectivity index (χ4v) is 2.87. The molecule has 1 unspecified atom stereocenters. The molecule has 1 aromatic rings. The van der Waals surface area contributed by atoms with Crippen molar-refractivity contribution in [2.24, 2.45) is 5.92 Å². The van der Waals surface area contributed by atoms with Crippen LogP contribution >= 0.6 is 0 Å². The number of piperidine rings is 1. The van der Waals surface area contributed by atoms with E-state index in [1.54, 1.807) is 0 Å². The highest BCUT2D eigenvalue weighted by Gasteiger charge is 2.20. The molecule has 1 saturated heterocycles. The molecular weight excluding hydrogens is 302 g/mol. The van der Waals surface area contributed by atoms with Crippen molar-refractivity contribution >= 4 is 6.03 Å². The molecule has 0 saturated carbocycles. The zero-order valence-electron chi connectivity index (χ0n) is 15.2. The molecule has 1 heterocycles. The number of carbonyl (C=O) groups is 1. The Morgan fingerprint density at radius 3 is 2.58 bits per heavy atom. The molecule has 1 aromatic carbocycles. The van der Waals surface area contributed by atoms with Gasteiger partial charge in [0.25, 0.3) is 0 Å². The highest BCUT2D eigenvalue weighted by molar-refractivity contribution is 5.73. The van der Waals surface area contributed by atoms with Crippen LogP contribution in [0.5, 0.6) is 5.75 Å². The molecule has 0 spiro atoms. The standard InChI is InChI=1S/C19H31N3O2/c1-15-4-6-18(7-5-15)24-13-10-20-19(23)21-14-17(3)22-11-8-16(2)9-12-22/h4-7,16-17H,8-14H2,1-3H3,(H2,20,21,23). The van der Waals surface area contributed by atoms with E-state index in [2.05, 4.69) is 29.4 Å². The van der Waals surface area contributed by atoms with Crippen LogP contribution in [0.3, 0.4) is 0 Å². The molecule has 2 N–H and O–H groups in total. The van der Waals surface area contributed by atoms with Gasteiger partial charge in [0.2, 0.25) is 0 Å². The van der Waals surface area contributed by atoms with Gasteiger partial charge in [-0.1, -0.05) is 24.6 Å². The molecule has 0 aliphatic carbocycles. The van der Waals surface area contributed by atoms with Crippen molar-refractivity contribution < 1.29 is 9.53 Å². The summed E-state index contributed by atoms with van der Waals surface area (Å²) in [6, 6.07) is 8.16. The topological polar surface area (TPSA) is 53.6 Å². The maximum Gasteiger partial charge on any atom is 0.314 e. The molecular formula is C19H31N3O2. The van der Waals surface area contributed by atoms with E-state index in [0.717, 1.165) is 24.8 Å². The SMILES string of the molecule is Cc1ccc(OCCNC(=O)NCC(C)N2CCC(C)CC2)cc1. The molecule has 1 atom stereocenters. The largest absolute Gasteiger partial charge is 0.492 e. The van der Waals surface area contributed by atoms with Crippen LogP contribution in [0.4, 0.5) is 4.79 Å². The summed E-state index contributed by atoms with van der Waals surface area (Å²) in [4.78, 5) is 14.3. The van der Waals surface area contributed by atoms with Gasteiger partial charge in [-0.05, 0) is 57.8 Å². The van der Waals surface area contributed by atoms with Gasteiger partial charge in [-0.25, -0.2) is 4.79 Å². The number of benzene rings is 1. The van der Waals surface area contributed by atoms with Gasteiger partial charge in [0, 0.05) is 12.6 Å². The molecule has 5 heteroatoms. The van der Waals surface area contributed by atoms with Gasteiger partial charge in [0.1, 0.15) is 12.4 Å². The molecule has 1 aliphatic rings. The van der Waals surface area contributed by atoms with Crippen LogP contribution in [-0.4, -0.2) is 49.8 Å². The predicted molar refractivity (Wildman–Crippen MR) is 97.5 cm³/mol. The second-order valence-corrected chi connectivity index (χ2v) is 6.87. The molecule has 1 fully saturated rings. The van der Waals surface area contributed by atoms with Gasteiger partial charge in [-0.2, -0.15) is 0 Å². The fraction of sp³-hybridized carbons (Fsp3) is 0.632. The molecule has 0 bridgehead atoms. The number of aryl methyl sites for hydroxylation is 1. The summed E-state index contributed by atoms with van der Waals surface area (Å²) in [6.07, 6.45) is 2.51. The van der Waals surface area contributed by atoms with E-state index in [4.69, 9.17) is 4.74 Å². The maximum absolute atomic E-state index is 11.8. The van der Waals surface area contributed by atoms with Crippen LogP contribution in [-0.2, 0) is 0 Å². The summed E-state index contributed by atoms with van der Waals surface area (Å²) in [5.74, 6) is 1.66. The number of nitrogens with one attached hydrogen (secondary N) is 2. The molecule has 1 aliphatic heterocycles. The third-order valence-electron chi connectivity index (χ3n) is 4.68. The Hall–Kier alpha value is -1.75. The monoisotopic (exact) mass is 333 g/mol. The first-order valence-electron chi connectivity index (χ1n) is 9.00. The Labute approximate surface area is 145 Å². The van der Waals surface area contributed by atoms with E-state index in [1.165, 1.54) is 18.4 Å². The van der Waals surface area contributed by atoms with Crippen LogP contribution in [0.2, 0.25) is 0 Å². The van der Waals surface area contributed by atoms with E-state index in [0.29, 0.717) is 25.7 Å². The van der Waals surface area contributed by atoms with Gasteiger partial charge < -0.3 is 15.4 Å². The number of likely N-dealkylation sites (tertiary alicyclic amines) is 1. The highest BCUT2D eigenvalue weighted by atomic mass is 16.5. The summed E-state index contributed by atoms with van der Waals surface area (Å²) in [6.45, 7) is 10.4. The van der Waals surface area contributed by atoms with Crippen molar-refractivity contribution in [1.29, 1.82) is 0 Å². The number of rotatable bonds is 7. The second-order valence-electron chi connectivity index (χ2n) is 6.87.